The largest absolute Gasteiger partial charge is 0.490 e. The average Bonchev–Trinajstić information content (AvgIpc) is 3.08. The second kappa shape index (κ2) is 6.52. The van der Waals surface area contributed by atoms with Gasteiger partial charge in [0.15, 0.2) is 5.75 Å². The summed E-state index contributed by atoms with van der Waals surface area (Å²) in [5.74, 6) is 1.10. The van der Waals surface area contributed by atoms with Crippen LogP contribution in [0.2, 0.25) is 0 Å². The van der Waals surface area contributed by atoms with Gasteiger partial charge in [0, 0.05) is 37.0 Å². The molecule has 1 aromatic rings. The number of nitrogens with zero attached hydrogens (tertiary/aromatic N) is 2. The zero-order valence-electron chi connectivity index (χ0n) is 13.0. The van der Waals surface area contributed by atoms with Gasteiger partial charge in [-0.3, -0.25) is 10.1 Å². The van der Waals surface area contributed by atoms with Gasteiger partial charge in [-0.1, -0.05) is 0 Å². The van der Waals surface area contributed by atoms with E-state index in [0.29, 0.717) is 11.8 Å². The molecule has 2 aliphatic heterocycles. The fraction of sp³-hybridized carbons (Fsp3) is 0.625. The predicted molar refractivity (Wildman–Crippen MR) is 85.6 cm³/mol. The molecule has 22 heavy (non-hydrogen) atoms. The summed E-state index contributed by atoms with van der Waals surface area (Å²) in [7, 11) is 1.48. The molecule has 0 radical (unpaired) electrons. The van der Waals surface area contributed by atoms with Crippen LogP contribution in [0.25, 0.3) is 0 Å². The van der Waals surface area contributed by atoms with Gasteiger partial charge in [0.05, 0.1) is 12.0 Å². The summed E-state index contributed by atoms with van der Waals surface area (Å²) in [4.78, 5) is 12.9. The Kier molecular flexibility index (Phi) is 4.47. The molecule has 2 fully saturated rings. The lowest BCUT2D eigenvalue weighted by Gasteiger charge is -2.36. The number of hydrogen-bond donors (Lipinski definition) is 1. The highest BCUT2D eigenvalue weighted by molar-refractivity contribution is 5.59. The minimum absolute atomic E-state index is 0.0243. The van der Waals surface area contributed by atoms with Gasteiger partial charge in [-0.2, -0.15) is 0 Å². The number of nitro benzene ring substituents is 1. The molecule has 2 saturated heterocycles. The number of benzene rings is 1. The maximum atomic E-state index is 11.0. The van der Waals surface area contributed by atoms with Crippen molar-refractivity contribution >= 4 is 11.4 Å². The topological polar surface area (TPSA) is 67.6 Å². The van der Waals surface area contributed by atoms with Crippen molar-refractivity contribution in [1.29, 1.82) is 0 Å². The number of ether oxygens (including phenoxy) is 1. The van der Waals surface area contributed by atoms with E-state index < -0.39 is 4.92 Å². The fourth-order valence-electron chi connectivity index (χ4n) is 3.69. The van der Waals surface area contributed by atoms with Crippen LogP contribution in [-0.2, 0) is 0 Å². The molecule has 6 heteroatoms. The molecule has 2 heterocycles. The number of piperidine rings is 1. The Labute approximate surface area is 130 Å². The molecule has 0 spiro atoms. The Bertz CT molecular complexity index is 535. The van der Waals surface area contributed by atoms with Crippen LogP contribution in [0.15, 0.2) is 18.2 Å². The molecule has 1 unspecified atom stereocenters. The van der Waals surface area contributed by atoms with Gasteiger partial charge in [0.2, 0.25) is 0 Å². The lowest BCUT2D eigenvalue weighted by Crippen LogP contribution is -2.40. The molecule has 0 saturated carbocycles. The molecule has 0 bridgehead atoms. The molecule has 1 N–H and O–H groups in total. The lowest BCUT2D eigenvalue weighted by atomic mass is 9.88. The molecule has 1 aromatic carbocycles. The van der Waals surface area contributed by atoms with E-state index in [1.807, 2.05) is 6.07 Å². The van der Waals surface area contributed by atoms with Crippen LogP contribution in [0.5, 0.6) is 5.75 Å². The van der Waals surface area contributed by atoms with Crippen LogP contribution in [0.3, 0.4) is 0 Å². The highest BCUT2D eigenvalue weighted by Crippen LogP contribution is 2.34. The lowest BCUT2D eigenvalue weighted by molar-refractivity contribution is -0.385. The van der Waals surface area contributed by atoms with Crippen molar-refractivity contribution in [2.24, 2.45) is 5.92 Å². The fourth-order valence-corrected chi connectivity index (χ4v) is 3.69. The number of hydrogen-bond acceptors (Lipinski definition) is 5. The maximum Gasteiger partial charge on any atom is 0.311 e. The third-order valence-corrected chi connectivity index (χ3v) is 4.93. The number of rotatable bonds is 4. The van der Waals surface area contributed by atoms with E-state index >= 15 is 0 Å². The highest BCUT2D eigenvalue weighted by atomic mass is 16.6. The standard InChI is InChI=1S/C16H23N3O3/c1-22-16-11-13(4-5-15(16)19(20)21)18-9-6-12(7-10-18)14-3-2-8-17-14/h4-5,11-12,14,17H,2-3,6-10H2,1H3. The van der Waals surface area contributed by atoms with Crippen molar-refractivity contribution in [1.82, 2.24) is 5.32 Å². The van der Waals surface area contributed by atoms with E-state index in [0.717, 1.165) is 31.2 Å². The molecule has 3 rings (SSSR count). The molecular weight excluding hydrogens is 282 g/mol. The predicted octanol–water partition coefficient (Wildman–Crippen LogP) is 2.57. The summed E-state index contributed by atoms with van der Waals surface area (Å²) in [5, 5.41) is 14.6. The van der Waals surface area contributed by atoms with Gasteiger partial charge in [-0.25, -0.2) is 0 Å². The maximum absolute atomic E-state index is 11.0. The summed E-state index contributed by atoms with van der Waals surface area (Å²) in [6.07, 6.45) is 4.95. The van der Waals surface area contributed by atoms with E-state index in [2.05, 4.69) is 10.2 Å². The van der Waals surface area contributed by atoms with E-state index in [-0.39, 0.29) is 5.69 Å². The van der Waals surface area contributed by atoms with Crippen molar-refractivity contribution < 1.29 is 9.66 Å². The Morgan fingerprint density at radius 2 is 2.09 bits per heavy atom. The third-order valence-electron chi connectivity index (χ3n) is 4.93. The first-order valence-corrected chi connectivity index (χ1v) is 8.00. The SMILES string of the molecule is COc1cc(N2CCC(C3CCCN3)CC2)ccc1[N+](=O)[O-]. The summed E-state index contributed by atoms with van der Waals surface area (Å²) >= 11 is 0. The molecule has 120 valence electrons. The smallest absolute Gasteiger partial charge is 0.311 e. The van der Waals surface area contributed by atoms with Crippen LogP contribution < -0.4 is 15.0 Å². The molecule has 6 nitrogen and oxygen atoms in total. The van der Waals surface area contributed by atoms with Crippen LogP contribution in [0, 0.1) is 16.0 Å². The number of methoxy groups -OCH3 is 1. The van der Waals surface area contributed by atoms with Crippen molar-refractivity contribution in [2.45, 2.75) is 31.7 Å². The van der Waals surface area contributed by atoms with Crippen LogP contribution in [-0.4, -0.2) is 37.7 Å². The summed E-state index contributed by atoms with van der Waals surface area (Å²) in [6.45, 7) is 3.16. The Hall–Kier alpha value is -1.82. The van der Waals surface area contributed by atoms with Gasteiger partial charge in [0.25, 0.3) is 0 Å². The van der Waals surface area contributed by atoms with E-state index in [1.54, 1.807) is 12.1 Å². The van der Waals surface area contributed by atoms with E-state index in [1.165, 1.54) is 32.8 Å². The normalized spacial score (nSPS) is 22.8. The number of nitrogens with one attached hydrogen (secondary N) is 1. The quantitative estimate of drug-likeness (QED) is 0.684. The number of anilines is 1. The van der Waals surface area contributed by atoms with E-state index in [4.69, 9.17) is 4.74 Å². The Balaban J connectivity index is 1.66. The molecule has 0 aromatic heterocycles. The second-order valence-corrected chi connectivity index (χ2v) is 6.14. The molecule has 0 aliphatic carbocycles. The first-order valence-electron chi connectivity index (χ1n) is 8.00. The van der Waals surface area contributed by atoms with Crippen LogP contribution in [0.4, 0.5) is 11.4 Å². The summed E-state index contributed by atoms with van der Waals surface area (Å²) in [6, 6.07) is 5.84. The molecule has 2 aliphatic rings. The average molecular weight is 305 g/mol. The van der Waals surface area contributed by atoms with Crippen molar-refractivity contribution in [3.63, 3.8) is 0 Å². The highest BCUT2D eigenvalue weighted by Gasteiger charge is 2.29. The first-order chi connectivity index (χ1) is 10.7. The summed E-state index contributed by atoms with van der Waals surface area (Å²) in [5.41, 5.74) is 1.04. The summed E-state index contributed by atoms with van der Waals surface area (Å²) < 4.78 is 5.16. The zero-order chi connectivity index (χ0) is 15.5. The minimum Gasteiger partial charge on any atom is -0.490 e. The van der Waals surface area contributed by atoms with E-state index in [9.17, 15) is 10.1 Å². The third kappa shape index (κ3) is 3.02. The van der Waals surface area contributed by atoms with Crippen molar-refractivity contribution in [2.75, 3.05) is 31.6 Å². The van der Waals surface area contributed by atoms with Crippen LogP contribution >= 0.6 is 0 Å². The first kappa shape index (κ1) is 15.1. The van der Waals surface area contributed by atoms with Gasteiger partial charge < -0.3 is 15.0 Å². The van der Waals surface area contributed by atoms with Gasteiger partial charge >= 0.3 is 5.69 Å². The minimum atomic E-state index is -0.402. The van der Waals surface area contributed by atoms with Crippen LogP contribution in [0.1, 0.15) is 25.7 Å². The number of nitro groups is 1. The van der Waals surface area contributed by atoms with Crippen molar-refractivity contribution in [3.8, 4) is 5.75 Å². The second-order valence-electron chi connectivity index (χ2n) is 6.14. The monoisotopic (exact) mass is 305 g/mol. The molecule has 0 amide bonds. The van der Waals surface area contributed by atoms with Gasteiger partial charge in [-0.15, -0.1) is 0 Å². The molecule has 1 atom stereocenters. The van der Waals surface area contributed by atoms with Gasteiger partial charge in [-0.05, 0) is 44.2 Å². The Morgan fingerprint density at radius 3 is 2.68 bits per heavy atom. The Morgan fingerprint density at radius 1 is 1.32 bits per heavy atom. The van der Waals surface area contributed by atoms with Crippen molar-refractivity contribution in [3.05, 3.63) is 28.3 Å². The molecular formula is C16H23N3O3. The zero-order valence-corrected chi connectivity index (χ0v) is 13.0. The van der Waals surface area contributed by atoms with Gasteiger partial charge in [0.1, 0.15) is 0 Å².